The molecule has 1 atom stereocenters. The summed E-state index contributed by atoms with van der Waals surface area (Å²) in [7, 11) is 2.82. The largest absolute Gasteiger partial charge is 0.493 e. The van der Waals surface area contributed by atoms with Crippen molar-refractivity contribution in [3.8, 4) is 23.0 Å². The number of aromatic nitrogens is 1. The number of carbonyl (C=O) groups is 2. The highest BCUT2D eigenvalue weighted by Crippen LogP contribution is 2.37. The first-order chi connectivity index (χ1) is 21.7. The molecule has 11 nitrogen and oxygen atoms in total. The third kappa shape index (κ3) is 7.41. The van der Waals surface area contributed by atoms with E-state index in [9.17, 15) is 14.4 Å². The monoisotopic (exact) mass is 748 g/mol. The molecule has 0 unspecified atom stereocenters. The highest BCUT2D eigenvalue weighted by Gasteiger charge is 2.34. The minimum atomic E-state index is -0.891. The summed E-state index contributed by atoms with van der Waals surface area (Å²) in [5.41, 5.74) is 1.46. The number of carbonyl (C=O) groups excluding carboxylic acids is 2. The number of allylic oxidation sites excluding steroid dienone is 1. The zero-order chi connectivity index (χ0) is 32.7. The Labute approximate surface area is 277 Å². The van der Waals surface area contributed by atoms with Crippen LogP contribution in [0.25, 0.3) is 6.08 Å². The van der Waals surface area contributed by atoms with Gasteiger partial charge in [-0.15, -0.1) is 0 Å². The van der Waals surface area contributed by atoms with Crippen LogP contribution in [0, 0.1) is 3.57 Å². The second kappa shape index (κ2) is 15.3. The first-order valence-corrected chi connectivity index (χ1v) is 15.8. The van der Waals surface area contributed by atoms with Crippen LogP contribution in [-0.4, -0.2) is 57.2 Å². The van der Waals surface area contributed by atoms with Gasteiger partial charge in [0, 0.05) is 9.13 Å². The van der Waals surface area contributed by atoms with Crippen LogP contribution in [0.5, 0.6) is 23.0 Å². The first-order valence-electron chi connectivity index (χ1n) is 13.9. The number of nitrogens with zero attached hydrogens (tertiary/aromatic N) is 2. The highest BCUT2D eigenvalue weighted by molar-refractivity contribution is 14.1. The van der Waals surface area contributed by atoms with Gasteiger partial charge in [0.05, 0.1) is 49.3 Å². The van der Waals surface area contributed by atoms with E-state index in [0.717, 1.165) is 3.57 Å². The molecule has 0 spiro atoms. The Bertz CT molecular complexity index is 1830. The fraction of sp³-hybridized carbons (Fsp3) is 0.312. The van der Waals surface area contributed by atoms with E-state index < -0.39 is 18.0 Å². The molecule has 4 rings (SSSR count). The molecule has 2 heterocycles. The Morgan fingerprint density at radius 2 is 1.84 bits per heavy atom. The van der Waals surface area contributed by atoms with Crippen molar-refractivity contribution in [3.05, 3.63) is 88.6 Å². The van der Waals surface area contributed by atoms with E-state index in [1.54, 1.807) is 58.2 Å². The molecule has 0 saturated carbocycles. The van der Waals surface area contributed by atoms with Gasteiger partial charge >= 0.3 is 11.9 Å². The number of hydrogen-bond acceptors (Lipinski definition) is 11. The molecule has 1 aliphatic rings. The second-order valence-corrected chi connectivity index (χ2v) is 11.7. The fourth-order valence-corrected chi connectivity index (χ4v) is 6.33. The Hall–Kier alpha value is -4.11. The van der Waals surface area contributed by atoms with Crippen LogP contribution in [0.2, 0.25) is 0 Å². The number of methoxy groups -OCH3 is 2. The average Bonchev–Trinajstić information content (AvgIpc) is 3.32. The van der Waals surface area contributed by atoms with Crippen molar-refractivity contribution in [1.82, 2.24) is 4.57 Å². The molecule has 3 aromatic rings. The lowest BCUT2D eigenvalue weighted by Crippen LogP contribution is -2.40. The van der Waals surface area contributed by atoms with E-state index in [-0.39, 0.29) is 31.0 Å². The topological polar surface area (TPSA) is 124 Å². The van der Waals surface area contributed by atoms with Crippen LogP contribution in [0.4, 0.5) is 0 Å². The molecule has 13 heteroatoms. The Kier molecular flexibility index (Phi) is 11.4. The second-order valence-electron chi connectivity index (χ2n) is 9.43. The summed E-state index contributed by atoms with van der Waals surface area (Å²) < 4.78 is 35.7. The molecule has 1 aliphatic heterocycles. The molecule has 0 saturated heterocycles. The number of benzene rings is 2. The minimum Gasteiger partial charge on any atom is -0.493 e. The smallest absolute Gasteiger partial charge is 0.343 e. The molecule has 0 aliphatic carbocycles. The van der Waals surface area contributed by atoms with Crippen molar-refractivity contribution in [2.45, 2.75) is 26.8 Å². The lowest BCUT2D eigenvalue weighted by molar-refractivity contribution is -0.143. The first kappa shape index (κ1) is 33.8. The van der Waals surface area contributed by atoms with Crippen LogP contribution in [0.3, 0.4) is 0 Å². The maximum atomic E-state index is 14.2. The van der Waals surface area contributed by atoms with Crippen molar-refractivity contribution in [2.24, 2.45) is 4.99 Å². The van der Waals surface area contributed by atoms with Gasteiger partial charge in [-0.25, -0.2) is 14.6 Å². The van der Waals surface area contributed by atoms with Crippen molar-refractivity contribution in [1.29, 1.82) is 0 Å². The summed E-state index contributed by atoms with van der Waals surface area (Å²) in [4.78, 5) is 44.3. The maximum Gasteiger partial charge on any atom is 0.343 e. The van der Waals surface area contributed by atoms with E-state index in [1.807, 2.05) is 12.1 Å². The summed E-state index contributed by atoms with van der Waals surface area (Å²) in [5.74, 6) is 0.460. The van der Waals surface area contributed by atoms with Gasteiger partial charge < -0.3 is 28.4 Å². The number of ether oxygens (including phenoxy) is 6. The molecule has 238 valence electrons. The van der Waals surface area contributed by atoms with Gasteiger partial charge in [-0.3, -0.25) is 9.36 Å². The minimum absolute atomic E-state index is 0.138. The summed E-state index contributed by atoms with van der Waals surface area (Å²) in [6.07, 6.45) is 3.35. The van der Waals surface area contributed by atoms with Crippen LogP contribution < -0.4 is 33.8 Å². The number of fused-ring (bicyclic) bond motifs is 1. The zero-order valence-electron chi connectivity index (χ0n) is 25.5. The highest BCUT2D eigenvalue weighted by atomic mass is 127. The molecular formula is C32H33IN2O9S. The number of thiazole rings is 1. The normalized spacial score (nSPS) is 14.3. The molecule has 2 aromatic carbocycles. The van der Waals surface area contributed by atoms with Gasteiger partial charge in [-0.05, 0) is 79.3 Å². The van der Waals surface area contributed by atoms with E-state index in [0.29, 0.717) is 55.8 Å². The van der Waals surface area contributed by atoms with E-state index >= 15 is 0 Å². The zero-order valence-corrected chi connectivity index (χ0v) is 28.5. The summed E-state index contributed by atoms with van der Waals surface area (Å²) in [6.45, 7) is 9.31. The number of hydrogen-bond donors (Lipinski definition) is 0. The Balaban J connectivity index is 1.94. The molecule has 0 amide bonds. The van der Waals surface area contributed by atoms with Crippen LogP contribution in [0.1, 0.15) is 37.9 Å². The van der Waals surface area contributed by atoms with E-state index in [2.05, 4.69) is 38.9 Å². The summed E-state index contributed by atoms with van der Waals surface area (Å²) in [6, 6.07) is 7.84. The third-order valence-corrected chi connectivity index (χ3v) is 8.18. The van der Waals surface area contributed by atoms with Crippen LogP contribution in [-0.2, 0) is 19.1 Å². The van der Waals surface area contributed by atoms with Crippen LogP contribution in [0.15, 0.2) is 64.0 Å². The predicted molar refractivity (Wildman–Crippen MR) is 177 cm³/mol. The van der Waals surface area contributed by atoms with Gasteiger partial charge in [0.15, 0.2) is 34.4 Å². The molecule has 1 aromatic heterocycles. The predicted octanol–water partition coefficient (Wildman–Crippen LogP) is 3.93. The fourth-order valence-electron chi connectivity index (χ4n) is 4.67. The van der Waals surface area contributed by atoms with E-state index in [1.165, 1.54) is 23.0 Å². The standard InChI is InChI=1S/C32H33IN2O9S/c1-7-12-43-29-20(13-21(33)16-24(29)39-5)15-25-30(37)35-28(27(31(38)42-9-3)18(4)34-32(35)45-25)19-10-11-22(23(14-19)41-8-2)44-17-26(36)40-6/h7,10-11,13-16,28H,1,8-9,12,17H2,2-6H3/b25-15+/t28-/m1/s1. The van der Waals surface area contributed by atoms with Crippen LogP contribution >= 0.6 is 33.9 Å². The molecular weight excluding hydrogens is 715 g/mol. The molecule has 0 fully saturated rings. The number of halogens is 1. The van der Waals surface area contributed by atoms with Gasteiger partial charge in [-0.2, -0.15) is 0 Å². The third-order valence-electron chi connectivity index (χ3n) is 6.57. The van der Waals surface area contributed by atoms with Crippen molar-refractivity contribution in [2.75, 3.05) is 40.6 Å². The average molecular weight is 749 g/mol. The van der Waals surface area contributed by atoms with Crippen molar-refractivity contribution >= 4 is 51.9 Å². The van der Waals surface area contributed by atoms with Crippen molar-refractivity contribution < 1.29 is 38.0 Å². The molecule has 45 heavy (non-hydrogen) atoms. The van der Waals surface area contributed by atoms with Gasteiger partial charge in [0.2, 0.25) is 0 Å². The quantitative estimate of drug-likeness (QED) is 0.145. The Morgan fingerprint density at radius 1 is 1.07 bits per heavy atom. The van der Waals surface area contributed by atoms with E-state index in [4.69, 9.17) is 23.7 Å². The molecule has 0 radical (unpaired) electrons. The summed E-state index contributed by atoms with van der Waals surface area (Å²) >= 11 is 3.36. The Morgan fingerprint density at radius 3 is 2.51 bits per heavy atom. The number of esters is 2. The SMILES string of the molecule is C=CCOc1c(/C=c2/sc3n(c2=O)[C@H](c2ccc(OCC(=O)OC)c(OCC)c2)C(C(=O)OCC)=C(C)N=3)cc(I)cc1OC. The lowest BCUT2D eigenvalue weighted by atomic mass is 9.95. The maximum absolute atomic E-state index is 14.2. The van der Waals surface area contributed by atoms with Gasteiger partial charge in [-0.1, -0.05) is 30.1 Å². The summed E-state index contributed by atoms with van der Waals surface area (Å²) in [5, 5.41) is 0. The molecule has 0 bridgehead atoms. The van der Waals surface area contributed by atoms with Crippen molar-refractivity contribution in [3.63, 3.8) is 0 Å². The lowest BCUT2D eigenvalue weighted by Gasteiger charge is -2.25. The number of rotatable bonds is 13. The van der Waals surface area contributed by atoms with Gasteiger partial charge in [0.25, 0.3) is 5.56 Å². The van der Waals surface area contributed by atoms with Gasteiger partial charge in [0.1, 0.15) is 6.61 Å². The molecule has 0 N–H and O–H groups in total.